The number of hydrogen-bond acceptors (Lipinski definition) is 6. The molecule has 0 fully saturated rings. The Morgan fingerprint density at radius 3 is 2.77 bits per heavy atom. The molecule has 1 aromatic heterocycles. The number of aryl methyl sites for hydroxylation is 1. The molecule has 2 aromatic rings. The Morgan fingerprint density at radius 1 is 1.36 bits per heavy atom. The Bertz CT molecular complexity index is 864. The summed E-state index contributed by atoms with van der Waals surface area (Å²) in [6.45, 7) is 1.62. The molecule has 0 bridgehead atoms. The summed E-state index contributed by atoms with van der Waals surface area (Å²) in [5.41, 5.74) is 1.10. The van der Waals surface area contributed by atoms with E-state index in [0.717, 1.165) is 0 Å². The zero-order valence-electron chi connectivity index (χ0n) is 11.7. The number of fused-ring (bicyclic) bond motifs is 1. The predicted molar refractivity (Wildman–Crippen MR) is 80.5 cm³/mol. The number of nitrogens with one attached hydrogen (secondary N) is 1. The van der Waals surface area contributed by atoms with Gasteiger partial charge in [-0.25, -0.2) is 13.4 Å². The van der Waals surface area contributed by atoms with Crippen LogP contribution in [-0.2, 0) is 9.84 Å². The van der Waals surface area contributed by atoms with E-state index in [1.54, 1.807) is 37.3 Å². The van der Waals surface area contributed by atoms with Crippen LogP contribution in [0.2, 0.25) is 0 Å². The van der Waals surface area contributed by atoms with Gasteiger partial charge in [0.1, 0.15) is 12.0 Å². The van der Waals surface area contributed by atoms with Crippen LogP contribution < -0.4 is 5.32 Å². The van der Waals surface area contributed by atoms with Gasteiger partial charge in [0.15, 0.2) is 9.84 Å². The molecule has 1 N–H and O–H groups in total. The molecule has 7 nitrogen and oxygen atoms in total. The fraction of sp³-hybridized carbons (Fsp3) is 0.214. The maximum Gasteiger partial charge on any atom is 0.290 e. The fourth-order valence-corrected chi connectivity index (χ4v) is 4.30. The van der Waals surface area contributed by atoms with Crippen molar-refractivity contribution in [2.24, 2.45) is 0 Å². The molecule has 2 heterocycles. The van der Waals surface area contributed by atoms with Crippen LogP contribution in [0.25, 0.3) is 0 Å². The molecule has 22 heavy (non-hydrogen) atoms. The first kappa shape index (κ1) is 14.5. The number of pyridine rings is 1. The third-order valence-electron chi connectivity index (χ3n) is 3.62. The highest BCUT2D eigenvalue weighted by molar-refractivity contribution is 7.91. The van der Waals surface area contributed by atoms with E-state index in [1.165, 1.54) is 6.20 Å². The molecule has 1 unspecified atom stereocenters. The zero-order chi connectivity index (χ0) is 15.9. The summed E-state index contributed by atoms with van der Waals surface area (Å²) in [6, 6.07) is 7.95. The predicted octanol–water partition coefficient (Wildman–Crippen LogP) is 2.24. The molecule has 0 radical (unpaired) electrons. The molecule has 0 saturated heterocycles. The second kappa shape index (κ2) is 5.06. The van der Waals surface area contributed by atoms with Gasteiger partial charge < -0.3 is 5.32 Å². The van der Waals surface area contributed by atoms with Crippen LogP contribution in [0.1, 0.15) is 17.2 Å². The minimum absolute atomic E-state index is 0.0515. The SMILES string of the molecule is Cc1cc(NC2CS(=O)(=O)c3ccccc32)ncc1[N+](=O)[O-]. The normalized spacial score (nSPS) is 18.7. The van der Waals surface area contributed by atoms with Crippen molar-refractivity contribution in [3.63, 3.8) is 0 Å². The summed E-state index contributed by atoms with van der Waals surface area (Å²) in [5, 5.41) is 13.8. The number of sulfone groups is 1. The Labute approximate surface area is 127 Å². The molecule has 114 valence electrons. The van der Waals surface area contributed by atoms with Crippen molar-refractivity contribution < 1.29 is 13.3 Å². The average Bonchev–Trinajstić information content (AvgIpc) is 2.70. The molecular weight excluding hydrogens is 306 g/mol. The number of hydrogen-bond donors (Lipinski definition) is 1. The standard InChI is InChI=1S/C14H13N3O4S/c1-9-6-14(15-7-12(9)17(18)19)16-11-8-22(20,21)13-5-3-2-4-10(11)13/h2-7,11H,8H2,1H3,(H,15,16). The number of nitro groups is 1. The van der Waals surface area contributed by atoms with Crippen molar-refractivity contribution in [2.75, 3.05) is 11.1 Å². The topological polar surface area (TPSA) is 102 Å². The molecule has 3 rings (SSSR count). The zero-order valence-corrected chi connectivity index (χ0v) is 12.5. The molecule has 1 aliphatic heterocycles. The van der Waals surface area contributed by atoms with Crippen LogP contribution in [0, 0.1) is 17.0 Å². The lowest BCUT2D eigenvalue weighted by atomic mass is 10.1. The quantitative estimate of drug-likeness (QED) is 0.687. The van der Waals surface area contributed by atoms with Gasteiger partial charge in [-0.15, -0.1) is 0 Å². The van der Waals surface area contributed by atoms with Crippen molar-refractivity contribution >= 4 is 21.3 Å². The highest BCUT2D eigenvalue weighted by Gasteiger charge is 2.34. The fourth-order valence-electron chi connectivity index (χ4n) is 2.57. The minimum atomic E-state index is -3.31. The van der Waals surface area contributed by atoms with Gasteiger partial charge in [-0.05, 0) is 24.6 Å². The third-order valence-corrected chi connectivity index (χ3v) is 5.43. The van der Waals surface area contributed by atoms with Crippen LogP contribution in [-0.4, -0.2) is 24.1 Å². The number of anilines is 1. The molecular formula is C14H13N3O4S. The molecule has 1 atom stereocenters. The van der Waals surface area contributed by atoms with Crippen LogP contribution in [0.4, 0.5) is 11.5 Å². The summed E-state index contributed by atoms with van der Waals surface area (Å²) < 4.78 is 24.2. The lowest BCUT2D eigenvalue weighted by Crippen LogP contribution is -2.14. The maximum absolute atomic E-state index is 12.1. The largest absolute Gasteiger partial charge is 0.362 e. The summed E-state index contributed by atoms with van der Waals surface area (Å²) >= 11 is 0. The lowest BCUT2D eigenvalue weighted by Gasteiger charge is -2.13. The number of aromatic nitrogens is 1. The first-order valence-electron chi connectivity index (χ1n) is 6.58. The van der Waals surface area contributed by atoms with Crippen molar-refractivity contribution in [1.29, 1.82) is 0 Å². The van der Waals surface area contributed by atoms with E-state index >= 15 is 0 Å². The molecule has 1 aromatic carbocycles. The number of rotatable bonds is 3. The second-order valence-corrected chi connectivity index (χ2v) is 7.13. The van der Waals surface area contributed by atoms with E-state index in [4.69, 9.17) is 0 Å². The Kier molecular flexibility index (Phi) is 3.32. The number of nitrogens with zero attached hydrogens (tertiary/aromatic N) is 2. The van der Waals surface area contributed by atoms with Crippen LogP contribution in [0.5, 0.6) is 0 Å². The number of benzene rings is 1. The molecule has 0 aliphatic carbocycles. The van der Waals surface area contributed by atoms with Gasteiger partial charge in [-0.3, -0.25) is 10.1 Å². The van der Waals surface area contributed by atoms with Gasteiger partial charge >= 0.3 is 0 Å². The van der Waals surface area contributed by atoms with Crippen LogP contribution >= 0.6 is 0 Å². The van der Waals surface area contributed by atoms with Gasteiger partial charge in [-0.2, -0.15) is 0 Å². The van der Waals surface area contributed by atoms with Crippen molar-refractivity contribution in [3.05, 3.63) is 57.8 Å². The molecule has 0 spiro atoms. The van der Waals surface area contributed by atoms with Gasteiger partial charge in [0, 0.05) is 5.56 Å². The Morgan fingerprint density at radius 2 is 2.09 bits per heavy atom. The Hall–Kier alpha value is -2.48. The summed E-state index contributed by atoms with van der Waals surface area (Å²) in [6.07, 6.45) is 1.17. The van der Waals surface area contributed by atoms with E-state index in [9.17, 15) is 18.5 Å². The van der Waals surface area contributed by atoms with Crippen LogP contribution in [0.15, 0.2) is 41.4 Å². The van der Waals surface area contributed by atoms with Crippen molar-refractivity contribution in [1.82, 2.24) is 4.98 Å². The van der Waals surface area contributed by atoms with E-state index in [1.807, 2.05) is 0 Å². The van der Waals surface area contributed by atoms with Gasteiger partial charge in [0.2, 0.25) is 0 Å². The van der Waals surface area contributed by atoms with E-state index in [0.29, 0.717) is 21.8 Å². The van der Waals surface area contributed by atoms with Crippen molar-refractivity contribution in [2.45, 2.75) is 17.9 Å². The molecule has 1 aliphatic rings. The van der Waals surface area contributed by atoms with Gasteiger partial charge in [-0.1, -0.05) is 18.2 Å². The first-order chi connectivity index (χ1) is 10.4. The van der Waals surface area contributed by atoms with Gasteiger partial charge in [0.05, 0.1) is 21.6 Å². The van der Waals surface area contributed by atoms with Gasteiger partial charge in [0.25, 0.3) is 5.69 Å². The summed E-state index contributed by atoms with van der Waals surface area (Å²) in [7, 11) is -3.31. The minimum Gasteiger partial charge on any atom is -0.362 e. The monoisotopic (exact) mass is 319 g/mol. The first-order valence-corrected chi connectivity index (χ1v) is 8.23. The van der Waals surface area contributed by atoms with Crippen molar-refractivity contribution in [3.8, 4) is 0 Å². The maximum atomic E-state index is 12.1. The van der Waals surface area contributed by atoms with E-state index < -0.39 is 20.8 Å². The van der Waals surface area contributed by atoms with Crippen LogP contribution in [0.3, 0.4) is 0 Å². The molecule has 0 amide bonds. The Balaban J connectivity index is 1.92. The van der Waals surface area contributed by atoms with E-state index in [-0.39, 0.29) is 11.4 Å². The highest BCUT2D eigenvalue weighted by atomic mass is 32.2. The lowest BCUT2D eigenvalue weighted by molar-refractivity contribution is -0.385. The molecule has 0 saturated carbocycles. The smallest absolute Gasteiger partial charge is 0.290 e. The molecule has 8 heteroatoms. The second-order valence-electron chi connectivity index (χ2n) is 5.13. The van der Waals surface area contributed by atoms with E-state index in [2.05, 4.69) is 10.3 Å². The summed E-state index contributed by atoms with van der Waals surface area (Å²) in [4.78, 5) is 14.6. The third kappa shape index (κ3) is 2.41. The highest BCUT2D eigenvalue weighted by Crippen LogP contribution is 2.35. The summed E-state index contributed by atoms with van der Waals surface area (Å²) in [5.74, 6) is 0.365. The average molecular weight is 319 g/mol.